The molecular formula is C26H26N2O4. The third kappa shape index (κ3) is 3.46. The summed E-state index contributed by atoms with van der Waals surface area (Å²) in [4.78, 5) is 17.7. The number of methoxy groups -OCH3 is 2. The minimum Gasteiger partial charge on any atom is -0.493 e. The third-order valence-corrected chi connectivity index (χ3v) is 6.24. The average Bonchev–Trinajstić information content (AvgIpc) is 2.82. The standard InChI is InChI=1S/C26H26N2O4/c1-17-12-18-13-24(30-2)25(31-3)14-19(18)15-27(17)16-26(29)28-20-8-4-6-10-22(20)32-23-11-7-5-9-21(23)28/h4-11,13-14,17H,12,15-16H2,1-3H3. The Balaban J connectivity index is 1.44. The van der Waals surface area contributed by atoms with Crippen LogP contribution in [0.15, 0.2) is 60.7 Å². The molecule has 0 fully saturated rings. The fourth-order valence-corrected chi connectivity index (χ4v) is 4.55. The Kier molecular flexibility index (Phi) is 5.23. The van der Waals surface area contributed by atoms with E-state index in [1.165, 1.54) is 5.56 Å². The van der Waals surface area contributed by atoms with Crippen molar-refractivity contribution in [3.63, 3.8) is 0 Å². The molecule has 0 spiro atoms. The number of carbonyl (C=O) groups is 1. The van der Waals surface area contributed by atoms with Crippen molar-refractivity contribution >= 4 is 17.3 Å². The molecule has 5 rings (SSSR count). The summed E-state index contributed by atoms with van der Waals surface area (Å²) >= 11 is 0. The zero-order chi connectivity index (χ0) is 22.2. The van der Waals surface area contributed by atoms with Gasteiger partial charge in [-0.25, -0.2) is 0 Å². The largest absolute Gasteiger partial charge is 0.493 e. The summed E-state index contributed by atoms with van der Waals surface area (Å²) in [6.07, 6.45) is 0.846. The molecule has 32 heavy (non-hydrogen) atoms. The van der Waals surface area contributed by atoms with E-state index < -0.39 is 0 Å². The Bertz CT molecular complexity index is 1130. The van der Waals surface area contributed by atoms with Gasteiger partial charge in [-0.15, -0.1) is 0 Å². The lowest BCUT2D eigenvalue weighted by molar-refractivity contribution is -0.119. The Morgan fingerprint density at radius 1 is 0.938 bits per heavy atom. The lowest BCUT2D eigenvalue weighted by Crippen LogP contribution is -2.45. The third-order valence-electron chi connectivity index (χ3n) is 6.24. The number of anilines is 2. The van der Waals surface area contributed by atoms with Crippen LogP contribution >= 0.6 is 0 Å². The predicted molar refractivity (Wildman–Crippen MR) is 123 cm³/mol. The van der Waals surface area contributed by atoms with Crippen LogP contribution in [0.1, 0.15) is 18.1 Å². The van der Waals surface area contributed by atoms with Gasteiger partial charge in [0.25, 0.3) is 0 Å². The fraction of sp³-hybridized carbons (Fsp3) is 0.269. The number of fused-ring (bicyclic) bond motifs is 3. The van der Waals surface area contributed by atoms with Crippen LogP contribution in [0.3, 0.4) is 0 Å². The minimum atomic E-state index is 0.0176. The van der Waals surface area contributed by atoms with Crippen LogP contribution in [0.4, 0.5) is 11.4 Å². The quantitative estimate of drug-likeness (QED) is 0.588. The molecule has 0 radical (unpaired) electrons. The van der Waals surface area contributed by atoms with Gasteiger partial charge in [0.1, 0.15) is 0 Å². The van der Waals surface area contributed by atoms with E-state index in [0.717, 1.165) is 29.1 Å². The molecule has 3 aromatic carbocycles. The molecule has 6 nitrogen and oxygen atoms in total. The van der Waals surface area contributed by atoms with E-state index in [0.29, 0.717) is 30.3 Å². The Morgan fingerprint density at radius 2 is 1.50 bits per heavy atom. The first kappa shape index (κ1) is 20.4. The second-order valence-corrected chi connectivity index (χ2v) is 8.20. The molecular weight excluding hydrogens is 404 g/mol. The number of ether oxygens (including phenoxy) is 3. The maximum atomic E-state index is 13.7. The maximum Gasteiger partial charge on any atom is 0.245 e. The van der Waals surface area contributed by atoms with Crippen molar-refractivity contribution < 1.29 is 19.0 Å². The first-order valence-electron chi connectivity index (χ1n) is 10.8. The van der Waals surface area contributed by atoms with E-state index in [1.54, 1.807) is 19.1 Å². The van der Waals surface area contributed by atoms with Gasteiger partial charge in [-0.3, -0.25) is 14.6 Å². The van der Waals surface area contributed by atoms with Crippen LogP contribution < -0.4 is 19.1 Å². The van der Waals surface area contributed by atoms with Gasteiger partial charge in [-0.1, -0.05) is 24.3 Å². The molecule has 2 heterocycles. The smallest absolute Gasteiger partial charge is 0.245 e. The van der Waals surface area contributed by atoms with Crippen molar-refractivity contribution in [1.29, 1.82) is 0 Å². The molecule has 0 saturated heterocycles. The van der Waals surface area contributed by atoms with Crippen molar-refractivity contribution in [2.75, 3.05) is 25.7 Å². The highest BCUT2D eigenvalue weighted by Gasteiger charge is 2.32. The van der Waals surface area contributed by atoms with Crippen LogP contribution in [-0.4, -0.2) is 37.6 Å². The minimum absolute atomic E-state index is 0.0176. The zero-order valence-electron chi connectivity index (χ0n) is 18.5. The van der Waals surface area contributed by atoms with E-state index in [9.17, 15) is 4.79 Å². The van der Waals surface area contributed by atoms with Gasteiger partial charge in [0.2, 0.25) is 5.91 Å². The number of para-hydroxylation sites is 4. The van der Waals surface area contributed by atoms with Gasteiger partial charge >= 0.3 is 0 Å². The van der Waals surface area contributed by atoms with E-state index in [1.807, 2.05) is 54.6 Å². The molecule has 164 valence electrons. The molecule has 2 aliphatic heterocycles. The Labute approximate surface area is 187 Å². The van der Waals surface area contributed by atoms with E-state index in [-0.39, 0.29) is 11.9 Å². The highest BCUT2D eigenvalue weighted by Crippen LogP contribution is 2.46. The molecule has 3 aromatic rings. The molecule has 6 heteroatoms. The monoisotopic (exact) mass is 430 g/mol. The number of hydrogen-bond acceptors (Lipinski definition) is 5. The lowest BCUT2D eigenvalue weighted by Gasteiger charge is -2.37. The van der Waals surface area contributed by atoms with Crippen molar-refractivity contribution in [2.24, 2.45) is 0 Å². The van der Waals surface area contributed by atoms with Crippen molar-refractivity contribution in [3.8, 4) is 23.0 Å². The summed E-state index contributed by atoms with van der Waals surface area (Å²) in [7, 11) is 3.30. The highest BCUT2D eigenvalue weighted by molar-refractivity contribution is 6.05. The van der Waals surface area contributed by atoms with E-state index in [4.69, 9.17) is 14.2 Å². The molecule has 0 saturated carbocycles. The number of amides is 1. The summed E-state index contributed by atoms with van der Waals surface area (Å²) < 4.78 is 17.0. The Morgan fingerprint density at radius 3 is 2.09 bits per heavy atom. The molecule has 0 aromatic heterocycles. The summed E-state index contributed by atoms with van der Waals surface area (Å²) in [6.45, 7) is 3.14. The van der Waals surface area contributed by atoms with Gasteiger partial charge < -0.3 is 14.2 Å². The van der Waals surface area contributed by atoms with Crippen LogP contribution in [0.2, 0.25) is 0 Å². The van der Waals surface area contributed by atoms with Crippen LogP contribution in [0.25, 0.3) is 0 Å². The number of benzene rings is 3. The van der Waals surface area contributed by atoms with E-state index in [2.05, 4.69) is 17.9 Å². The van der Waals surface area contributed by atoms with Gasteiger partial charge in [0, 0.05) is 12.6 Å². The first-order chi connectivity index (χ1) is 15.6. The second kappa shape index (κ2) is 8.20. The summed E-state index contributed by atoms with van der Waals surface area (Å²) in [5.41, 5.74) is 3.94. The van der Waals surface area contributed by atoms with Crippen LogP contribution in [0, 0.1) is 0 Å². The van der Waals surface area contributed by atoms with Crippen molar-refractivity contribution in [2.45, 2.75) is 25.9 Å². The normalized spacial score (nSPS) is 17.0. The molecule has 0 bridgehead atoms. The topological polar surface area (TPSA) is 51.2 Å². The maximum absolute atomic E-state index is 13.7. The zero-order valence-corrected chi connectivity index (χ0v) is 18.5. The summed E-state index contributed by atoms with van der Waals surface area (Å²) in [5, 5.41) is 0. The lowest BCUT2D eigenvalue weighted by atomic mass is 9.94. The SMILES string of the molecule is COc1cc2c(cc1OC)CN(CC(=O)N1c3ccccc3Oc3ccccc31)C(C)C2. The molecule has 1 unspecified atom stereocenters. The number of hydrogen-bond donors (Lipinski definition) is 0. The Hall–Kier alpha value is -3.51. The molecule has 0 N–H and O–H groups in total. The van der Waals surface area contributed by atoms with E-state index >= 15 is 0 Å². The molecule has 1 amide bonds. The summed E-state index contributed by atoms with van der Waals surface area (Å²) in [6, 6.07) is 19.6. The first-order valence-corrected chi connectivity index (χ1v) is 10.8. The van der Waals surface area contributed by atoms with Gasteiger partial charge in [0.05, 0.1) is 32.1 Å². The fourth-order valence-electron chi connectivity index (χ4n) is 4.55. The molecule has 0 aliphatic carbocycles. The van der Waals surface area contributed by atoms with Crippen LogP contribution in [0.5, 0.6) is 23.0 Å². The molecule has 2 aliphatic rings. The van der Waals surface area contributed by atoms with Gasteiger partial charge in [-0.2, -0.15) is 0 Å². The number of rotatable bonds is 4. The van der Waals surface area contributed by atoms with Gasteiger partial charge in [0.15, 0.2) is 23.0 Å². The predicted octanol–water partition coefficient (Wildman–Crippen LogP) is 4.92. The van der Waals surface area contributed by atoms with Crippen molar-refractivity contribution in [1.82, 2.24) is 4.90 Å². The summed E-state index contributed by atoms with van der Waals surface area (Å²) in [5.74, 6) is 2.85. The average molecular weight is 431 g/mol. The number of nitrogens with zero attached hydrogens (tertiary/aromatic N) is 2. The van der Waals surface area contributed by atoms with Gasteiger partial charge in [-0.05, 0) is 60.9 Å². The number of carbonyl (C=O) groups excluding carboxylic acids is 1. The van der Waals surface area contributed by atoms with Crippen LogP contribution in [-0.2, 0) is 17.8 Å². The van der Waals surface area contributed by atoms with Crippen molar-refractivity contribution in [3.05, 3.63) is 71.8 Å². The molecule has 1 atom stereocenters. The second-order valence-electron chi connectivity index (χ2n) is 8.20. The highest BCUT2D eigenvalue weighted by atomic mass is 16.5.